The number of phosphoric acid groups is 1. The van der Waals surface area contributed by atoms with Crippen LogP contribution in [0.3, 0.4) is 0 Å². The number of fused-ring (bicyclic) bond motifs is 2. The maximum Gasteiger partial charge on any atom is 0.472 e. The summed E-state index contributed by atoms with van der Waals surface area (Å²) >= 11 is 0. The van der Waals surface area contributed by atoms with Gasteiger partial charge in [0.25, 0.3) is 0 Å². The lowest BCUT2D eigenvalue weighted by Crippen LogP contribution is -2.48. The van der Waals surface area contributed by atoms with Crippen LogP contribution in [0.5, 0.6) is 0 Å². The maximum atomic E-state index is 11.4. The van der Waals surface area contributed by atoms with E-state index in [0.717, 1.165) is 7.11 Å². The average Bonchev–Trinajstić information content (AvgIpc) is 2.46. The maximum absolute atomic E-state index is 11.4. The average molecular weight is 281 g/mol. The van der Waals surface area contributed by atoms with Crippen LogP contribution in [-0.4, -0.2) is 49.7 Å². The van der Waals surface area contributed by atoms with Crippen molar-refractivity contribution in [3.8, 4) is 0 Å². The van der Waals surface area contributed by atoms with E-state index in [-0.39, 0.29) is 24.7 Å². The predicted octanol–water partition coefficient (Wildman–Crippen LogP) is 0.489. The van der Waals surface area contributed by atoms with Crippen LogP contribution in [-0.2, 0) is 23.1 Å². The van der Waals surface area contributed by atoms with Crippen molar-refractivity contribution in [2.45, 2.75) is 31.7 Å². The summed E-state index contributed by atoms with van der Waals surface area (Å²) in [4.78, 5) is 9.30. The SMILES string of the molecule is COP(=O)(O)OC[C@@]12CNCO[C@H]([C@H](C)O1)[C@@H]2C. The third-order valence-corrected chi connectivity index (χ3v) is 4.63. The Morgan fingerprint density at radius 2 is 2.28 bits per heavy atom. The molecular weight excluding hydrogens is 261 g/mol. The summed E-state index contributed by atoms with van der Waals surface area (Å²) in [6.45, 7) is 4.89. The lowest BCUT2D eigenvalue weighted by Gasteiger charge is -2.32. The Hall–Kier alpha value is -0.0100. The standard InChI is InChI=1S/C10H20NO6P/c1-7-9-8(2)17-10(7,4-11-6-15-9)5-16-18(12,13)14-3/h7-9,11H,4-6H2,1-3H3,(H,12,13)/t7-,8-,9-,10+/m0/s1. The molecule has 2 bridgehead atoms. The van der Waals surface area contributed by atoms with Gasteiger partial charge >= 0.3 is 7.82 Å². The van der Waals surface area contributed by atoms with E-state index in [1.807, 2.05) is 13.8 Å². The molecule has 2 fully saturated rings. The molecule has 0 radical (unpaired) electrons. The Bertz CT molecular complexity index is 353. The summed E-state index contributed by atoms with van der Waals surface area (Å²) < 4.78 is 32.3. The van der Waals surface area contributed by atoms with Crippen LogP contribution in [0.1, 0.15) is 13.8 Å². The lowest BCUT2D eigenvalue weighted by molar-refractivity contribution is -0.0960. The minimum Gasteiger partial charge on any atom is -0.365 e. The van der Waals surface area contributed by atoms with E-state index in [9.17, 15) is 9.46 Å². The Labute approximate surface area is 106 Å². The molecule has 0 aromatic heterocycles. The largest absolute Gasteiger partial charge is 0.472 e. The van der Waals surface area contributed by atoms with Gasteiger partial charge in [-0.25, -0.2) is 4.57 Å². The minimum absolute atomic E-state index is 0.00696. The highest BCUT2D eigenvalue weighted by Crippen LogP contribution is 2.46. The zero-order valence-electron chi connectivity index (χ0n) is 10.8. The molecule has 7 nitrogen and oxygen atoms in total. The highest BCUT2D eigenvalue weighted by Gasteiger charge is 2.53. The Morgan fingerprint density at radius 1 is 1.56 bits per heavy atom. The van der Waals surface area contributed by atoms with Crippen LogP contribution in [0.15, 0.2) is 0 Å². The number of nitrogens with one attached hydrogen (secondary N) is 1. The second-order valence-electron chi connectivity index (χ2n) is 4.80. The van der Waals surface area contributed by atoms with E-state index in [0.29, 0.717) is 13.3 Å². The third kappa shape index (κ3) is 2.63. The van der Waals surface area contributed by atoms with E-state index in [1.165, 1.54) is 0 Å². The molecule has 2 heterocycles. The molecule has 2 aliphatic heterocycles. The van der Waals surface area contributed by atoms with Gasteiger partial charge in [0.15, 0.2) is 0 Å². The molecule has 0 aliphatic carbocycles. The van der Waals surface area contributed by atoms with Crippen molar-refractivity contribution in [3.63, 3.8) is 0 Å². The van der Waals surface area contributed by atoms with Crippen molar-refractivity contribution in [1.82, 2.24) is 5.32 Å². The second-order valence-corrected chi connectivity index (χ2v) is 6.36. The van der Waals surface area contributed by atoms with Crippen LogP contribution < -0.4 is 5.32 Å². The zero-order valence-corrected chi connectivity index (χ0v) is 11.7. The number of hydrogen-bond acceptors (Lipinski definition) is 6. The van der Waals surface area contributed by atoms with Gasteiger partial charge < -0.3 is 14.4 Å². The topological polar surface area (TPSA) is 86.3 Å². The molecule has 8 heteroatoms. The summed E-state index contributed by atoms with van der Waals surface area (Å²) in [5.74, 6) is 0.0688. The highest BCUT2D eigenvalue weighted by molar-refractivity contribution is 7.47. The zero-order chi connectivity index (χ0) is 13.4. The fourth-order valence-corrected chi connectivity index (χ4v) is 3.10. The molecule has 0 amide bonds. The first-order valence-electron chi connectivity index (χ1n) is 5.93. The van der Waals surface area contributed by atoms with Gasteiger partial charge in [0.05, 0.1) is 25.5 Å². The summed E-state index contributed by atoms with van der Waals surface area (Å²) in [6, 6.07) is 0. The predicted molar refractivity (Wildman–Crippen MR) is 63.0 cm³/mol. The molecule has 2 aliphatic rings. The van der Waals surface area contributed by atoms with Crippen LogP contribution in [0.4, 0.5) is 0 Å². The first kappa shape index (κ1) is 14.4. The molecule has 2 rings (SSSR count). The molecule has 0 saturated carbocycles. The lowest BCUT2D eigenvalue weighted by atomic mass is 9.87. The van der Waals surface area contributed by atoms with Gasteiger partial charge in [-0.2, -0.15) is 0 Å². The smallest absolute Gasteiger partial charge is 0.365 e. The van der Waals surface area contributed by atoms with Gasteiger partial charge in [-0.1, -0.05) is 6.92 Å². The molecule has 106 valence electrons. The first-order valence-corrected chi connectivity index (χ1v) is 7.43. The van der Waals surface area contributed by atoms with Crippen molar-refractivity contribution < 1.29 is 28.0 Å². The van der Waals surface area contributed by atoms with Crippen LogP contribution >= 0.6 is 7.82 Å². The van der Waals surface area contributed by atoms with Crippen LogP contribution in [0, 0.1) is 5.92 Å². The number of ether oxygens (including phenoxy) is 2. The van der Waals surface area contributed by atoms with E-state index < -0.39 is 13.4 Å². The monoisotopic (exact) mass is 281 g/mol. The van der Waals surface area contributed by atoms with Gasteiger partial charge in [-0.15, -0.1) is 0 Å². The van der Waals surface area contributed by atoms with E-state index in [2.05, 4.69) is 9.84 Å². The normalized spacial score (nSPS) is 43.4. The van der Waals surface area contributed by atoms with E-state index >= 15 is 0 Å². The minimum atomic E-state index is -3.99. The Morgan fingerprint density at radius 3 is 2.94 bits per heavy atom. The van der Waals surface area contributed by atoms with Crippen molar-refractivity contribution in [2.24, 2.45) is 5.92 Å². The van der Waals surface area contributed by atoms with E-state index in [4.69, 9.17) is 14.0 Å². The van der Waals surface area contributed by atoms with Crippen LogP contribution in [0.25, 0.3) is 0 Å². The van der Waals surface area contributed by atoms with Crippen molar-refractivity contribution in [2.75, 3.05) is 27.0 Å². The fraction of sp³-hybridized carbons (Fsp3) is 1.00. The molecule has 18 heavy (non-hydrogen) atoms. The molecule has 2 N–H and O–H groups in total. The van der Waals surface area contributed by atoms with Gasteiger partial charge in [0.2, 0.25) is 0 Å². The Balaban J connectivity index is 2.10. The first-order chi connectivity index (χ1) is 8.40. The van der Waals surface area contributed by atoms with Gasteiger partial charge in [0.1, 0.15) is 5.60 Å². The van der Waals surface area contributed by atoms with Crippen LogP contribution in [0.2, 0.25) is 0 Å². The molecule has 2 saturated heterocycles. The quantitative estimate of drug-likeness (QED) is 0.725. The second kappa shape index (κ2) is 5.17. The fourth-order valence-electron chi connectivity index (χ4n) is 2.61. The third-order valence-electron chi connectivity index (χ3n) is 3.71. The van der Waals surface area contributed by atoms with Crippen molar-refractivity contribution in [3.05, 3.63) is 0 Å². The summed E-state index contributed by atoms with van der Waals surface area (Å²) in [6.07, 6.45) is -0.101. The number of hydrogen-bond donors (Lipinski definition) is 2. The molecule has 1 unspecified atom stereocenters. The number of rotatable bonds is 4. The van der Waals surface area contributed by atoms with Gasteiger partial charge in [-0.05, 0) is 6.92 Å². The summed E-state index contributed by atoms with van der Waals surface area (Å²) in [5, 5.41) is 3.09. The Kier molecular flexibility index (Phi) is 4.14. The van der Waals surface area contributed by atoms with Gasteiger partial charge in [0, 0.05) is 19.6 Å². The van der Waals surface area contributed by atoms with Crippen molar-refractivity contribution in [1.29, 1.82) is 0 Å². The molecular formula is C10H20NO6P. The summed E-state index contributed by atoms with van der Waals surface area (Å²) in [5.41, 5.74) is -0.655. The molecule has 0 spiro atoms. The van der Waals surface area contributed by atoms with Crippen molar-refractivity contribution >= 4 is 7.82 Å². The summed E-state index contributed by atoms with van der Waals surface area (Å²) in [7, 11) is -2.85. The number of phosphoric ester groups is 1. The molecule has 0 aromatic rings. The van der Waals surface area contributed by atoms with E-state index in [1.54, 1.807) is 0 Å². The van der Waals surface area contributed by atoms with Gasteiger partial charge in [-0.3, -0.25) is 14.4 Å². The highest BCUT2D eigenvalue weighted by atomic mass is 31.2. The molecule has 5 atom stereocenters. The molecule has 0 aromatic carbocycles.